The Hall–Kier alpha value is -3.63. The van der Waals surface area contributed by atoms with Crippen LogP contribution in [0.2, 0.25) is 0 Å². The van der Waals surface area contributed by atoms with E-state index in [1.807, 2.05) is 44.2 Å². The van der Waals surface area contributed by atoms with Gasteiger partial charge in [0.15, 0.2) is 17.3 Å². The molecule has 1 unspecified atom stereocenters. The monoisotopic (exact) mass is 524 g/mol. The maximum Gasteiger partial charge on any atom is 0.276 e. The quantitative estimate of drug-likeness (QED) is 0.454. The van der Waals surface area contributed by atoms with Crippen LogP contribution in [0, 0.1) is 11.6 Å². The van der Waals surface area contributed by atoms with Gasteiger partial charge in [-0.1, -0.05) is 56.3 Å². The number of ether oxygens (including phenoxy) is 1. The SMILES string of the molecule is CCN(CC)C(O)Oc1c2n(ncc1=O)[C@@H]([C@H](c1ccccc1)c1cccc(F)c1F)[C@H]1CCCN1C2=O. The fourth-order valence-electron chi connectivity index (χ4n) is 5.75. The zero-order valence-electron chi connectivity index (χ0n) is 21.3. The Kier molecular flexibility index (Phi) is 7.27. The van der Waals surface area contributed by atoms with E-state index in [4.69, 9.17) is 4.74 Å². The molecule has 1 fully saturated rings. The zero-order valence-corrected chi connectivity index (χ0v) is 21.3. The number of carbonyl (C=O) groups excluding carboxylic acids is 1. The summed E-state index contributed by atoms with van der Waals surface area (Å²) in [5.41, 5.74) is 0.0739. The molecular weight excluding hydrogens is 494 g/mol. The number of hydrogen-bond donors (Lipinski definition) is 1. The Labute approximate surface area is 219 Å². The number of benzene rings is 2. The molecule has 0 saturated carbocycles. The van der Waals surface area contributed by atoms with Gasteiger partial charge < -0.3 is 14.7 Å². The third-order valence-electron chi connectivity index (χ3n) is 7.57. The summed E-state index contributed by atoms with van der Waals surface area (Å²) >= 11 is 0. The molecule has 8 nitrogen and oxygen atoms in total. The number of hydrogen-bond acceptors (Lipinski definition) is 6. The average Bonchev–Trinajstić information content (AvgIpc) is 3.41. The Morgan fingerprint density at radius 3 is 2.55 bits per heavy atom. The van der Waals surface area contributed by atoms with Crippen molar-refractivity contribution < 1.29 is 23.4 Å². The maximum atomic E-state index is 15.4. The fourth-order valence-corrected chi connectivity index (χ4v) is 5.75. The second kappa shape index (κ2) is 10.6. The van der Waals surface area contributed by atoms with Crippen molar-refractivity contribution >= 4 is 5.91 Å². The number of carbonyl (C=O) groups is 1. The van der Waals surface area contributed by atoms with Crippen molar-refractivity contribution in [1.82, 2.24) is 19.6 Å². The average molecular weight is 525 g/mol. The molecule has 5 rings (SSSR count). The molecular formula is C28H30F2N4O4. The second-order valence-electron chi connectivity index (χ2n) is 9.53. The van der Waals surface area contributed by atoms with Crippen molar-refractivity contribution in [3.63, 3.8) is 0 Å². The second-order valence-corrected chi connectivity index (χ2v) is 9.53. The molecule has 0 spiro atoms. The van der Waals surface area contributed by atoms with Gasteiger partial charge in [-0.25, -0.2) is 13.7 Å². The van der Waals surface area contributed by atoms with E-state index in [0.29, 0.717) is 38.0 Å². The van der Waals surface area contributed by atoms with Crippen LogP contribution < -0.4 is 10.2 Å². The van der Waals surface area contributed by atoms with Gasteiger partial charge in [-0.15, -0.1) is 0 Å². The lowest BCUT2D eigenvalue weighted by atomic mass is 9.79. The smallest absolute Gasteiger partial charge is 0.276 e. The van der Waals surface area contributed by atoms with Gasteiger partial charge in [-0.3, -0.25) is 14.3 Å². The lowest BCUT2D eigenvalue weighted by Crippen LogP contribution is -2.51. The number of nitrogens with zero attached hydrogens (tertiary/aromatic N) is 4. The molecule has 1 saturated heterocycles. The Morgan fingerprint density at radius 2 is 1.84 bits per heavy atom. The molecule has 2 aliphatic heterocycles. The predicted octanol–water partition coefficient (Wildman–Crippen LogP) is 3.51. The van der Waals surface area contributed by atoms with Crippen LogP contribution in [0.5, 0.6) is 5.75 Å². The van der Waals surface area contributed by atoms with Gasteiger partial charge in [0.1, 0.15) is 0 Å². The van der Waals surface area contributed by atoms with Crippen molar-refractivity contribution in [1.29, 1.82) is 0 Å². The summed E-state index contributed by atoms with van der Waals surface area (Å²) in [6.07, 6.45) is 0.917. The maximum absolute atomic E-state index is 15.4. The van der Waals surface area contributed by atoms with E-state index in [2.05, 4.69) is 5.10 Å². The molecule has 0 radical (unpaired) electrons. The number of amides is 1. The lowest BCUT2D eigenvalue weighted by molar-refractivity contribution is -0.133. The number of aliphatic hydroxyl groups excluding tert-OH is 1. The molecule has 0 bridgehead atoms. The van der Waals surface area contributed by atoms with Crippen LogP contribution in [0.4, 0.5) is 8.78 Å². The summed E-state index contributed by atoms with van der Waals surface area (Å²) in [6, 6.07) is 12.1. The van der Waals surface area contributed by atoms with Crippen molar-refractivity contribution in [2.24, 2.45) is 0 Å². The Bertz CT molecular complexity index is 1380. The molecule has 4 atom stereocenters. The van der Waals surface area contributed by atoms with Crippen molar-refractivity contribution in [3.05, 3.63) is 93.4 Å². The van der Waals surface area contributed by atoms with Gasteiger partial charge in [0, 0.05) is 31.1 Å². The molecule has 3 heterocycles. The third-order valence-corrected chi connectivity index (χ3v) is 7.57. The number of rotatable bonds is 8. The van der Waals surface area contributed by atoms with E-state index in [1.165, 1.54) is 16.8 Å². The summed E-state index contributed by atoms with van der Waals surface area (Å²) in [7, 11) is 0. The van der Waals surface area contributed by atoms with E-state index < -0.39 is 41.3 Å². The summed E-state index contributed by atoms with van der Waals surface area (Å²) < 4.78 is 37.0. The molecule has 1 aromatic heterocycles. The summed E-state index contributed by atoms with van der Waals surface area (Å²) in [4.78, 5) is 29.9. The van der Waals surface area contributed by atoms with Gasteiger partial charge in [0.25, 0.3) is 12.3 Å². The van der Waals surface area contributed by atoms with E-state index in [0.717, 1.165) is 12.3 Å². The minimum Gasteiger partial charge on any atom is -0.445 e. The normalized spacial score (nSPS) is 20.3. The molecule has 1 amide bonds. The molecule has 38 heavy (non-hydrogen) atoms. The highest BCUT2D eigenvalue weighted by Gasteiger charge is 2.49. The van der Waals surface area contributed by atoms with Crippen LogP contribution >= 0.6 is 0 Å². The molecule has 200 valence electrons. The molecule has 2 aromatic carbocycles. The van der Waals surface area contributed by atoms with Crippen molar-refractivity contribution in [2.75, 3.05) is 19.6 Å². The number of halogens is 2. The first-order chi connectivity index (χ1) is 18.4. The van der Waals surface area contributed by atoms with Crippen LogP contribution in [-0.4, -0.2) is 62.7 Å². The molecule has 1 N–H and O–H groups in total. The van der Waals surface area contributed by atoms with Gasteiger partial charge in [0.05, 0.1) is 18.3 Å². The lowest BCUT2D eigenvalue weighted by Gasteiger charge is -2.43. The van der Waals surface area contributed by atoms with Crippen LogP contribution in [0.15, 0.2) is 59.5 Å². The highest BCUT2D eigenvalue weighted by atomic mass is 19.2. The predicted molar refractivity (Wildman–Crippen MR) is 136 cm³/mol. The Balaban J connectivity index is 1.74. The number of aromatic nitrogens is 2. The molecule has 2 aliphatic rings. The number of aliphatic hydroxyl groups is 1. The summed E-state index contributed by atoms with van der Waals surface area (Å²) in [5.74, 6) is -3.44. The van der Waals surface area contributed by atoms with Crippen molar-refractivity contribution in [3.8, 4) is 5.75 Å². The van der Waals surface area contributed by atoms with Crippen LogP contribution in [0.3, 0.4) is 0 Å². The fraction of sp³-hybridized carbons (Fsp3) is 0.393. The van der Waals surface area contributed by atoms with Crippen LogP contribution in [-0.2, 0) is 0 Å². The molecule has 10 heteroatoms. The van der Waals surface area contributed by atoms with Gasteiger partial charge in [-0.05, 0) is 24.5 Å². The highest BCUT2D eigenvalue weighted by molar-refractivity contribution is 5.96. The van der Waals surface area contributed by atoms with E-state index in [1.54, 1.807) is 9.80 Å². The van der Waals surface area contributed by atoms with Crippen molar-refractivity contribution in [2.45, 2.75) is 51.1 Å². The van der Waals surface area contributed by atoms with E-state index >= 15 is 4.39 Å². The van der Waals surface area contributed by atoms with E-state index in [-0.39, 0.29) is 23.0 Å². The zero-order chi connectivity index (χ0) is 27.0. The topological polar surface area (TPSA) is 87.9 Å². The first kappa shape index (κ1) is 26.0. The summed E-state index contributed by atoms with van der Waals surface area (Å²) in [6.45, 7) is 5.00. The highest BCUT2D eigenvalue weighted by Crippen LogP contribution is 2.46. The molecule has 0 aliphatic carbocycles. The van der Waals surface area contributed by atoms with Crippen LogP contribution in [0.1, 0.15) is 60.3 Å². The molecule has 3 aromatic rings. The minimum absolute atomic E-state index is 0.107. The first-order valence-corrected chi connectivity index (χ1v) is 12.9. The van der Waals surface area contributed by atoms with E-state index in [9.17, 15) is 19.1 Å². The first-order valence-electron chi connectivity index (χ1n) is 12.9. The van der Waals surface area contributed by atoms with Gasteiger partial charge in [-0.2, -0.15) is 5.10 Å². The van der Waals surface area contributed by atoms with Gasteiger partial charge >= 0.3 is 0 Å². The largest absolute Gasteiger partial charge is 0.445 e. The van der Waals surface area contributed by atoms with Gasteiger partial charge in [0.2, 0.25) is 11.2 Å². The standard InChI is InChI=1S/C28H30F2N4O4/c1-3-32(4-2)28(37)38-26-21(35)16-31-34-24(20-14-9-15-33(20)27(36)25(26)34)22(17-10-6-5-7-11-17)18-12-8-13-19(29)23(18)30/h5-8,10-13,16,20,22,24,28,37H,3-4,9,14-15H2,1-2H3/t20-,22-,24-,28?/m1/s1. The van der Waals surface area contributed by atoms with Crippen LogP contribution in [0.25, 0.3) is 0 Å². The minimum atomic E-state index is -1.46. The Morgan fingerprint density at radius 1 is 1.11 bits per heavy atom. The summed E-state index contributed by atoms with van der Waals surface area (Å²) in [5, 5.41) is 15.0. The number of fused-ring (bicyclic) bond motifs is 2. The third kappa shape index (κ3) is 4.37.